The van der Waals surface area contributed by atoms with Gasteiger partial charge < -0.3 is 14.6 Å². The van der Waals surface area contributed by atoms with Crippen molar-refractivity contribution >= 4 is 0 Å². The van der Waals surface area contributed by atoms with Crippen molar-refractivity contribution < 1.29 is 4.74 Å². The maximum Gasteiger partial charge on any atom is 0.106 e. The summed E-state index contributed by atoms with van der Waals surface area (Å²) < 4.78 is 7.61. The highest BCUT2D eigenvalue weighted by Crippen LogP contribution is 2.26. The lowest BCUT2D eigenvalue weighted by atomic mass is 9.89. The van der Waals surface area contributed by atoms with E-state index in [9.17, 15) is 0 Å². The van der Waals surface area contributed by atoms with Crippen LogP contribution >= 0.6 is 0 Å². The van der Waals surface area contributed by atoms with Crippen LogP contribution in [0.1, 0.15) is 37.5 Å². The molecule has 1 aromatic heterocycles. The van der Waals surface area contributed by atoms with Gasteiger partial charge >= 0.3 is 0 Å². The molecule has 2 heterocycles. The maximum atomic E-state index is 5.20. The lowest BCUT2D eigenvalue weighted by Crippen LogP contribution is -2.28. The van der Waals surface area contributed by atoms with Gasteiger partial charge in [-0.15, -0.1) is 0 Å². The topological polar surface area (TPSA) is 39.1 Å². The summed E-state index contributed by atoms with van der Waals surface area (Å²) in [5.41, 5.74) is 2.91. The Labute approximate surface area is 110 Å². The molecule has 0 saturated carbocycles. The second-order valence-corrected chi connectivity index (χ2v) is 5.97. The van der Waals surface area contributed by atoms with E-state index in [2.05, 4.69) is 35.6 Å². The molecule has 1 N–H and O–H groups in total. The van der Waals surface area contributed by atoms with Gasteiger partial charge in [0.15, 0.2) is 0 Å². The minimum Gasteiger partial charge on any atom is -0.385 e. The molecule has 0 aliphatic carbocycles. The number of hydrogen-bond acceptors (Lipinski definition) is 3. The minimum atomic E-state index is 0.250. The number of aryl methyl sites for hydroxylation is 1. The van der Waals surface area contributed by atoms with E-state index < -0.39 is 0 Å². The van der Waals surface area contributed by atoms with Crippen LogP contribution in [0, 0.1) is 12.3 Å². The van der Waals surface area contributed by atoms with Gasteiger partial charge in [0.25, 0.3) is 0 Å². The lowest BCUT2D eigenvalue weighted by Gasteiger charge is -2.27. The number of rotatable bonds is 5. The highest BCUT2D eigenvalue weighted by atomic mass is 16.5. The Morgan fingerprint density at radius 3 is 2.94 bits per heavy atom. The van der Waals surface area contributed by atoms with Crippen molar-refractivity contribution in [3.05, 3.63) is 17.2 Å². The van der Waals surface area contributed by atoms with Gasteiger partial charge in [-0.25, -0.2) is 4.98 Å². The number of imidazole rings is 1. The molecular weight excluding hydrogens is 226 g/mol. The highest BCUT2D eigenvalue weighted by molar-refractivity contribution is 5.20. The first kappa shape index (κ1) is 13.6. The Bertz CT molecular complexity index is 409. The molecule has 0 bridgehead atoms. The maximum absolute atomic E-state index is 5.20. The smallest absolute Gasteiger partial charge is 0.106 e. The van der Waals surface area contributed by atoms with Crippen LogP contribution in [0.25, 0.3) is 0 Å². The monoisotopic (exact) mass is 251 g/mol. The van der Waals surface area contributed by atoms with Gasteiger partial charge in [-0.2, -0.15) is 0 Å². The van der Waals surface area contributed by atoms with Gasteiger partial charge in [-0.1, -0.05) is 13.8 Å². The Hall–Kier alpha value is -0.870. The molecule has 18 heavy (non-hydrogen) atoms. The van der Waals surface area contributed by atoms with Gasteiger partial charge in [-0.05, 0) is 18.8 Å². The molecule has 0 atom stereocenters. The molecule has 0 saturated heterocycles. The Kier molecular flexibility index (Phi) is 4.07. The molecule has 0 radical (unpaired) electrons. The number of nitrogens with one attached hydrogen (secondary N) is 1. The quantitative estimate of drug-likeness (QED) is 0.868. The predicted octanol–water partition coefficient (Wildman–Crippen LogP) is 1.90. The van der Waals surface area contributed by atoms with Gasteiger partial charge in [0, 0.05) is 45.5 Å². The fraction of sp³-hybridized carbons (Fsp3) is 0.786. The van der Waals surface area contributed by atoms with Crippen LogP contribution in [0.4, 0.5) is 0 Å². The predicted molar refractivity (Wildman–Crippen MR) is 72.6 cm³/mol. The van der Waals surface area contributed by atoms with Crippen molar-refractivity contribution in [1.82, 2.24) is 14.9 Å². The van der Waals surface area contributed by atoms with E-state index in [4.69, 9.17) is 4.74 Å². The molecule has 0 amide bonds. The van der Waals surface area contributed by atoms with Crippen LogP contribution in [0.2, 0.25) is 0 Å². The average Bonchev–Trinajstić information content (AvgIpc) is 2.63. The van der Waals surface area contributed by atoms with Crippen molar-refractivity contribution in [3.8, 4) is 0 Å². The third kappa shape index (κ3) is 2.93. The summed E-state index contributed by atoms with van der Waals surface area (Å²) in [4.78, 5) is 4.68. The van der Waals surface area contributed by atoms with E-state index in [1.165, 1.54) is 11.4 Å². The first-order valence-electron chi connectivity index (χ1n) is 6.78. The Balaban J connectivity index is 2.15. The molecule has 4 heteroatoms. The standard InChI is InChI=1S/C14H25N3O/c1-11-16-12-9-15-7-5-13(12)17(11)10-14(2,3)6-8-18-4/h15H,5-10H2,1-4H3. The second kappa shape index (κ2) is 5.41. The molecule has 0 aromatic carbocycles. The fourth-order valence-electron chi connectivity index (χ4n) is 2.60. The minimum absolute atomic E-state index is 0.250. The molecule has 1 aliphatic heterocycles. The fourth-order valence-corrected chi connectivity index (χ4v) is 2.60. The van der Waals surface area contributed by atoms with E-state index in [-0.39, 0.29) is 5.41 Å². The first-order chi connectivity index (χ1) is 8.53. The van der Waals surface area contributed by atoms with Gasteiger partial charge in [-0.3, -0.25) is 0 Å². The molecule has 2 rings (SSSR count). The SMILES string of the molecule is COCCC(C)(C)Cn1c(C)nc2c1CCNC2. The van der Waals surface area contributed by atoms with Crippen LogP contribution in [-0.2, 0) is 24.2 Å². The summed E-state index contributed by atoms with van der Waals surface area (Å²) in [6, 6.07) is 0. The first-order valence-corrected chi connectivity index (χ1v) is 6.78. The summed E-state index contributed by atoms with van der Waals surface area (Å²) in [5, 5.41) is 3.38. The average molecular weight is 251 g/mol. The number of aromatic nitrogens is 2. The van der Waals surface area contributed by atoms with Crippen LogP contribution in [0.5, 0.6) is 0 Å². The van der Waals surface area contributed by atoms with E-state index in [0.717, 1.165) is 44.9 Å². The summed E-state index contributed by atoms with van der Waals surface area (Å²) in [6.45, 7) is 10.6. The number of fused-ring (bicyclic) bond motifs is 1. The Morgan fingerprint density at radius 1 is 1.44 bits per heavy atom. The highest BCUT2D eigenvalue weighted by Gasteiger charge is 2.24. The lowest BCUT2D eigenvalue weighted by molar-refractivity contribution is 0.141. The number of ether oxygens (including phenoxy) is 1. The van der Waals surface area contributed by atoms with Crippen LogP contribution in [-0.4, -0.2) is 29.8 Å². The molecular formula is C14H25N3O. The molecule has 1 aromatic rings. The Morgan fingerprint density at radius 2 is 2.22 bits per heavy atom. The molecule has 0 unspecified atom stereocenters. The van der Waals surface area contributed by atoms with Gasteiger partial charge in [0.1, 0.15) is 5.82 Å². The number of nitrogens with zero attached hydrogens (tertiary/aromatic N) is 2. The number of methoxy groups -OCH3 is 1. The summed E-state index contributed by atoms with van der Waals surface area (Å²) in [6.07, 6.45) is 2.17. The summed E-state index contributed by atoms with van der Waals surface area (Å²) >= 11 is 0. The molecule has 0 fully saturated rings. The largest absolute Gasteiger partial charge is 0.385 e. The summed E-state index contributed by atoms with van der Waals surface area (Å²) in [7, 11) is 1.77. The third-order valence-corrected chi connectivity index (χ3v) is 3.75. The molecule has 0 spiro atoms. The number of hydrogen-bond donors (Lipinski definition) is 1. The second-order valence-electron chi connectivity index (χ2n) is 5.97. The zero-order valence-electron chi connectivity index (χ0n) is 12.0. The summed E-state index contributed by atoms with van der Waals surface area (Å²) in [5.74, 6) is 1.15. The molecule has 102 valence electrons. The zero-order chi connectivity index (χ0) is 13.2. The van der Waals surface area contributed by atoms with Crippen molar-refractivity contribution in [3.63, 3.8) is 0 Å². The van der Waals surface area contributed by atoms with Gasteiger partial charge in [0.2, 0.25) is 0 Å². The van der Waals surface area contributed by atoms with E-state index in [1.54, 1.807) is 7.11 Å². The van der Waals surface area contributed by atoms with Gasteiger partial charge in [0.05, 0.1) is 5.69 Å². The van der Waals surface area contributed by atoms with Crippen LogP contribution < -0.4 is 5.32 Å². The van der Waals surface area contributed by atoms with Crippen LogP contribution in [0.15, 0.2) is 0 Å². The van der Waals surface area contributed by atoms with Crippen molar-refractivity contribution in [2.45, 2.75) is 46.7 Å². The van der Waals surface area contributed by atoms with Crippen molar-refractivity contribution in [2.24, 2.45) is 5.41 Å². The van der Waals surface area contributed by atoms with Crippen molar-refractivity contribution in [2.75, 3.05) is 20.3 Å². The third-order valence-electron chi connectivity index (χ3n) is 3.75. The van der Waals surface area contributed by atoms with Crippen LogP contribution in [0.3, 0.4) is 0 Å². The van der Waals surface area contributed by atoms with E-state index in [0.29, 0.717) is 0 Å². The molecule has 4 nitrogen and oxygen atoms in total. The molecule has 1 aliphatic rings. The van der Waals surface area contributed by atoms with E-state index >= 15 is 0 Å². The van der Waals surface area contributed by atoms with Crippen molar-refractivity contribution in [1.29, 1.82) is 0 Å². The normalized spacial score (nSPS) is 15.8. The zero-order valence-corrected chi connectivity index (χ0v) is 12.0. The van der Waals surface area contributed by atoms with E-state index in [1.807, 2.05) is 0 Å².